The molecule has 1 heterocycles. The highest BCUT2D eigenvalue weighted by atomic mass is 16.3. The number of aliphatic hydroxyl groups excluding tert-OH is 1. The molecular weight excluding hydrogens is 262 g/mol. The summed E-state index contributed by atoms with van der Waals surface area (Å²) < 4.78 is 1.96. The molecule has 2 N–H and O–H groups in total. The van der Waals surface area contributed by atoms with E-state index in [0.717, 1.165) is 19.4 Å². The Balaban J connectivity index is 1.60. The minimum atomic E-state index is 0.153. The highest BCUT2D eigenvalue weighted by Gasteiger charge is 2.23. The lowest BCUT2D eigenvalue weighted by molar-refractivity contribution is 0.266. The average Bonchev–Trinajstić information content (AvgIpc) is 2.93. The Bertz CT molecular complexity index is 565. The smallest absolute Gasteiger partial charge is 0.0644 e. The van der Waals surface area contributed by atoms with Crippen molar-refractivity contribution in [3.8, 4) is 0 Å². The van der Waals surface area contributed by atoms with Crippen LogP contribution in [-0.2, 0) is 19.4 Å². The molecule has 1 unspecified atom stereocenters. The van der Waals surface area contributed by atoms with E-state index in [4.69, 9.17) is 5.11 Å². The standard InChI is InChI=1S/C17H23N3O/c21-12-11-20-17-8-4-7-16(15(17)13-19-20)18-10-9-14-5-2-1-3-6-14/h1-3,5-6,13,16,18,21H,4,7-12H2. The van der Waals surface area contributed by atoms with Gasteiger partial charge in [-0.15, -0.1) is 0 Å². The third-order valence-electron chi connectivity index (χ3n) is 4.22. The molecule has 0 aliphatic heterocycles. The van der Waals surface area contributed by atoms with E-state index in [1.807, 2.05) is 10.9 Å². The molecule has 1 aliphatic rings. The number of benzene rings is 1. The maximum absolute atomic E-state index is 9.10. The third-order valence-corrected chi connectivity index (χ3v) is 4.22. The molecule has 3 rings (SSSR count). The molecule has 4 nitrogen and oxygen atoms in total. The van der Waals surface area contributed by atoms with Crippen molar-refractivity contribution in [2.45, 2.75) is 38.3 Å². The molecule has 1 aliphatic carbocycles. The second-order valence-corrected chi connectivity index (χ2v) is 5.63. The number of nitrogens with zero attached hydrogens (tertiary/aromatic N) is 2. The van der Waals surface area contributed by atoms with E-state index >= 15 is 0 Å². The molecule has 1 aromatic carbocycles. The van der Waals surface area contributed by atoms with Gasteiger partial charge in [-0.05, 0) is 37.8 Å². The van der Waals surface area contributed by atoms with Crippen LogP contribution in [0.5, 0.6) is 0 Å². The van der Waals surface area contributed by atoms with Crippen molar-refractivity contribution in [2.24, 2.45) is 0 Å². The van der Waals surface area contributed by atoms with Crippen LogP contribution in [-0.4, -0.2) is 28.0 Å². The van der Waals surface area contributed by atoms with E-state index in [1.165, 1.54) is 29.7 Å². The summed E-state index contributed by atoms with van der Waals surface area (Å²) in [5, 5.41) is 17.2. The summed E-state index contributed by atoms with van der Waals surface area (Å²) in [6.07, 6.45) is 6.47. The van der Waals surface area contributed by atoms with Gasteiger partial charge in [0, 0.05) is 17.3 Å². The van der Waals surface area contributed by atoms with Gasteiger partial charge in [0.25, 0.3) is 0 Å². The number of rotatable bonds is 6. The van der Waals surface area contributed by atoms with Crippen LogP contribution in [0.25, 0.3) is 0 Å². The van der Waals surface area contributed by atoms with E-state index in [2.05, 4.69) is 40.7 Å². The molecule has 1 aromatic heterocycles. The van der Waals surface area contributed by atoms with Crippen molar-refractivity contribution in [1.29, 1.82) is 0 Å². The van der Waals surface area contributed by atoms with Crippen LogP contribution in [0, 0.1) is 0 Å². The third kappa shape index (κ3) is 3.34. The molecule has 4 heteroatoms. The predicted octanol–water partition coefficient (Wildman–Crippen LogP) is 2.09. The van der Waals surface area contributed by atoms with Crippen molar-refractivity contribution < 1.29 is 5.11 Å². The van der Waals surface area contributed by atoms with Crippen molar-refractivity contribution in [3.63, 3.8) is 0 Å². The molecule has 0 saturated carbocycles. The fraction of sp³-hybridized carbons (Fsp3) is 0.471. The van der Waals surface area contributed by atoms with Gasteiger partial charge >= 0.3 is 0 Å². The van der Waals surface area contributed by atoms with Crippen LogP contribution in [0.4, 0.5) is 0 Å². The quantitative estimate of drug-likeness (QED) is 0.854. The van der Waals surface area contributed by atoms with Gasteiger partial charge < -0.3 is 10.4 Å². The largest absolute Gasteiger partial charge is 0.394 e. The molecule has 0 saturated heterocycles. The lowest BCUT2D eigenvalue weighted by atomic mass is 9.93. The summed E-state index contributed by atoms with van der Waals surface area (Å²) in [7, 11) is 0. The van der Waals surface area contributed by atoms with Crippen molar-refractivity contribution in [2.75, 3.05) is 13.2 Å². The Morgan fingerprint density at radius 3 is 2.95 bits per heavy atom. The molecule has 2 aromatic rings. The van der Waals surface area contributed by atoms with Gasteiger partial charge in [0.05, 0.1) is 19.3 Å². The summed E-state index contributed by atoms with van der Waals surface area (Å²) in [5.74, 6) is 0. The van der Waals surface area contributed by atoms with E-state index < -0.39 is 0 Å². The van der Waals surface area contributed by atoms with Gasteiger partial charge in [-0.1, -0.05) is 30.3 Å². The fourth-order valence-corrected chi connectivity index (χ4v) is 3.15. The van der Waals surface area contributed by atoms with Gasteiger partial charge in [0.15, 0.2) is 0 Å². The Morgan fingerprint density at radius 2 is 2.14 bits per heavy atom. The first-order valence-corrected chi connectivity index (χ1v) is 7.81. The minimum Gasteiger partial charge on any atom is -0.394 e. The van der Waals surface area contributed by atoms with Gasteiger partial charge in [-0.2, -0.15) is 5.10 Å². The fourth-order valence-electron chi connectivity index (χ4n) is 3.15. The summed E-state index contributed by atoms with van der Waals surface area (Å²) in [4.78, 5) is 0. The van der Waals surface area contributed by atoms with E-state index in [1.54, 1.807) is 0 Å². The molecule has 0 radical (unpaired) electrons. The highest BCUT2D eigenvalue weighted by molar-refractivity contribution is 5.25. The summed E-state index contributed by atoms with van der Waals surface area (Å²) in [6.45, 7) is 1.74. The van der Waals surface area contributed by atoms with Gasteiger partial charge in [0.1, 0.15) is 0 Å². The zero-order valence-corrected chi connectivity index (χ0v) is 12.3. The molecule has 112 valence electrons. The van der Waals surface area contributed by atoms with Crippen LogP contribution in [0.15, 0.2) is 36.5 Å². The molecular formula is C17H23N3O. The summed E-state index contributed by atoms with van der Waals surface area (Å²) in [5.41, 5.74) is 3.99. The monoisotopic (exact) mass is 285 g/mol. The van der Waals surface area contributed by atoms with Crippen LogP contribution >= 0.6 is 0 Å². The molecule has 0 amide bonds. The van der Waals surface area contributed by atoms with Crippen molar-refractivity contribution in [3.05, 3.63) is 53.3 Å². The van der Waals surface area contributed by atoms with Gasteiger partial charge in [-0.3, -0.25) is 4.68 Å². The first-order valence-electron chi connectivity index (χ1n) is 7.81. The van der Waals surface area contributed by atoms with Crippen molar-refractivity contribution >= 4 is 0 Å². The van der Waals surface area contributed by atoms with Crippen LogP contribution < -0.4 is 5.32 Å². The molecule has 21 heavy (non-hydrogen) atoms. The molecule has 0 spiro atoms. The van der Waals surface area contributed by atoms with E-state index in [9.17, 15) is 0 Å². The maximum Gasteiger partial charge on any atom is 0.0644 e. The number of aromatic nitrogens is 2. The highest BCUT2D eigenvalue weighted by Crippen LogP contribution is 2.29. The average molecular weight is 285 g/mol. The van der Waals surface area contributed by atoms with Gasteiger partial charge in [0.2, 0.25) is 0 Å². The lowest BCUT2D eigenvalue weighted by Gasteiger charge is -2.24. The molecule has 0 bridgehead atoms. The number of hydrogen-bond donors (Lipinski definition) is 2. The summed E-state index contributed by atoms with van der Waals surface area (Å²) >= 11 is 0. The topological polar surface area (TPSA) is 50.1 Å². The van der Waals surface area contributed by atoms with Crippen LogP contribution in [0.2, 0.25) is 0 Å². The number of aliphatic hydroxyl groups is 1. The second-order valence-electron chi connectivity index (χ2n) is 5.63. The van der Waals surface area contributed by atoms with E-state index in [0.29, 0.717) is 12.6 Å². The number of hydrogen-bond acceptors (Lipinski definition) is 3. The van der Waals surface area contributed by atoms with Crippen LogP contribution in [0.3, 0.4) is 0 Å². The van der Waals surface area contributed by atoms with Crippen LogP contribution in [0.1, 0.15) is 35.7 Å². The maximum atomic E-state index is 9.10. The first-order chi connectivity index (χ1) is 10.4. The minimum absolute atomic E-state index is 0.153. The second kappa shape index (κ2) is 6.87. The Kier molecular flexibility index (Phi) is 4.68. The first kappa shape index (κ1) is 14.3. The molecule has 1 atom stereocenters. The summed E-state index contributed by atoms with van der Waals surface area (Å²) in [6, 6.07) is 11.0. The SMILES string of the molecule is OCCn1ncc2c1CCCC2NCCc1ccccc1. The predicted molar refractivity (Wildman–Crippen MR) is 83.1 cm³/mol. The number of nitrogens with one attached hydrogen (secondary N) is 1. The Labute approximate surface area is 125 Å². The Hall–Kier alpha value is -1.65. The number of fused-ring (bicyclic) bond motifs is 1. The van der Waals surface area contributed by atoms with Gasteiger partial charge in [-0.25, -0.2) is 0 Å². The lowest BCUT2D eigenvalue weighted by Crippen LogP contribution is -2.27. The zero-order chi connectivity index (χ0) is 14.5. The van der Waals surface area contributed by atoms with E-state index in [-0.39, 0.29) is 6.61 Å². The van der Waals surface area contributed by atoms with Crippen molar-refractivity contribution in [1.82, 2.24) is 15.1 Å². The zero-order valence-electron chi connectivity index (χ0n) is 12.3. The normalized spacial score (nSPS) is 17.7. The molecule has 0 fully saturated rings. The Morgan fingerprint density at radius 1 is 1.29 bits per heavy atom.